The molecule has 3 N–H and O–H groups in total. The van der Waals surface area contributed by atoms with E-state index in [1.54, 1.807) is 6.92 Å². The molecule has 6 nitrogen and oxygen atoms in total. The first-order valence-electron chi connectivity index (χ1n) is 5.13. The molecule has 0 atom stereocenters. The number of hydrogen-bond acceptors (Lipinski definition) is 5. The molecule has 0 radical (unpaired) electrons. The Hall–Kier alpha value is -1.89. The Morgan fingerprint density at radius 2 is 1.94 bits per heavy atom. The predicted molar refractivity (Wildman–Crippen MR) is 67.6 cm³/mol. The molecule has 18 heavy (non-hydrogen) atoms. The minimum absolute atomic E-state index is 0.288. The van der Waals surface area contributed by atoms with E-state index in [1.165, 1.54) is 18.4 Å². The van der Waals surface area contributed by atoms with Crippen LogP contribution in [0.3, 0.4) is 0 Å². The van der Waals surface area contributed by atoms with Gasteiger partial charge in [-0.2, -0.15) is 0 Å². The van der Waals surface area contributed by atoms with Gasteiger partial charge in [0.25, 0.3) is 5.91 Å². The number of anilines is 1. The average molecular weight is 270 g/mol. The molecule has 0 aliphatic rings. The highest BCUT2D eigenvalue weighted by atomic mass is 32.1. The first kappa shape index (κ1) is 14.2. The zero-order valence-electron chi connectivity index (χ0n) is 10.3. The zero-order chi connectivity index (χ0) is 13.9. The second-order valence-corrected chi connectivity index (χ2v) is 4.88. The van der Waals surface area contributed by atoms with E-state index in [2.05, 4.69) is 10.1 Å². The Kier molecular flexibility index (Phi) is 4.43. The van der Waals surface area contributed by atoms with Crippen LogP contribution in [0.1, 0.15) is 27.2 Å². The summed E-state index contributed by atoms with van der Waals surface area (Å²) in [6.07, 6.45) is -0.398. The summed E-state index contributed by atoms with van der Waals surface area (Å²) in [5, 5.41) is 2.86. The fourth-order valence-corrected chi connectivity index (χ4v) is 2.47. The van der Waals surface area contributed by atoms with Crippen LogP contribution in [0.4, 0.5) is 5.00 Å². The maximum absolute atomic E-state index is 11.5. The van der Waals surface area contributed by atoms with Gasteiger partial charge in [-0.05, 0) is 19.4 Å². The van der Waals surface area contributed by atoms with E-state index in [9.17, 15) is 14.4 Å². The van der Waals surface area contributed by atoms with Crippen LogP contribution in [0.25, 0.3) is 0 Å². The van der Waals surface area contributed by atoms with E-state index >= 15 is 0 Å². The van der Waals surface area contributed by atoms with Gasteiger partial charge in [0.05, 0.1) is 12.7 Å². The van der Waals surface area contributed by atoms with Gasteiger partial charge in [0.2, 0.25) is 5.91 Å². The molecule has 0 spiro atoms. The Morgan fingerprint density at radius 3 is 2.44 bits per heavy atom. The second kappa shape index (κ2) is 5.63. The monoisotopic (exact) mass is 270 g/mol. The molecular formula is C11H14N2O4S. The molecule has 98 valence electrons. The molecule has 0 bridgehead atoms. The van der Waals surface area contributed by atoms with Crippen molar-refractivity contribution in [1.82, 2.24) is 0 Å². The van der Waals surface area contributed by atoms with E-state index in [4.69, 9.17) is 5.73 Å². The molecule has 0 fully saturated rings. The van der Waals surface area contributed by atoms with Crippen molar-refractivity contribution in [3.8, 4) is 0 Å². The number of methoxy groups -OCH3 is 1. The fourth-order valence-electron chi connectivity index (χ4n) is 1.39. The highest BCUT2D eigenvalue weighted by molar-refractivity contribution is 7.16. The molecule has 1 aromatic rings. The number of primary amides is 1. The van der Waals surface area contributed by atoms with Crippen molar-refractivity contribution < 1.29 is 19.1 Å². The van der Waals surface area contributed by atoms with Crippen LogP contribution >= 0.6 is 11.3 Å². The number of aryl methyl sites for hydroxylation is 1. The van der Waals surface area contributed by atoms with Crippen LogP contribution in [0.2, 0.25) is 0 Å². The molecule has 0 aromatic carbocycles. The minimum atomic E-state index is -0.641. The third-order valence-electron chi connectivity index (χ3n) is 2.42. The van der Waals surface area contributed by atoms with E-state index in [0.717, 1.165) is 10.4 Å². The lowest BCUT2D eigenvalue weighted by Crippen LogP contribution is -2.19. The van der Waals surface area contributed by atoms with Gasteiger partial charge in [-0.3, -0.25) is 14.4 Å². The maximum atomic E-state index is 11.5. The van der Waals surface area contributed by atoms with Crippen molar-refractivity contribution in [3.05, 3.63) is 16.0 Å². The smallest absolute Gasteiger partial charge is 0.315 e. The number of nitrogens with one attached hydrogen (secondary N) is 1. The lowest BCUT2D eigenvalue weighted by molar-refractivity contribution is -0.142. The van der Waals surface area contributed by atoms with Gasteiger partial charge in [0, 0.05) is 4.88 Å². The van der Waals surface area contributed by atoms with E-state index in [0.29, 0.717) is 5.00 Å². The number of hydrogen-bond donors (Lipinski definition) is 2. The van der Waals surface area contributed by atoms with Crippen molar-refractivity contribution in [2.24, 2.45) is 5.73 Å². The van der Waals surface area contributed by atoms with Crippen LogP contribution in [0.15, 0.2) is 0 Å². The molecule has 0 unspecified atom stereocenters. The fraction of sp³-hybridized carbons (Fsp3) is 0.364. The van der Waals surface area contributed by atoms with Gasteiger partial charge in [0.1, 0.15) is 11.4 Å². The summed E-state index contributed by atoms with van der Waals surface area (Å²) >= 11 is 1.25. The molecule has 1 heterocycles. The van der Waals surface area contributed by atoms with E-state index < -0.39 is 24.2 Å². The molecule has 1 aromatic heterocycles. The Bertz CT molecular complexity index is 507. The van der Waals surface area contributed by atoms with Crippen molar-refractivity contribution in [2.75, 3.05) is 12.4 Å². The predicted octanol–water partition coefficient (Wildman–Crippen LogP) is 0.965. The molecule has 7 heteroatoms. The van der Waals surface area contributed by atoms with Crippen LogP contribution in [-0.4, -0.2) is 24.9 Å². The Morgan fingerprint density at radius 1 is 1.33 bits per heavy atom. The number of carbonyl (C=O) groups excluding carboxylic acids is 3. The topological polar surface area (TPSA) is 98.5 Å². The number of esters is 1. The van der Waals surface area contributed by atoms with Gasteiger partial charge in [0.15, 0.2) is 0 Å². The van der Waals surface area contributed by atoms with Gasteiger partial charge in [-0.25, -0.2) is 0 Å². The molecule has 2 amide bonds. The summed E-state index contributed by atoms with van der Waals surface area (Å²) < 4.78 is 4.38. The van der Waals surface area contributed by atoms with Crippen LogP contribution in [0.5, 0.6) is 0 Å². The molecule has 0 aliphatic heterocycles. The number of thiophene rings is 1. The normalized spacial score (nSPS) is 9.94. The SMILES string of the molecule is COC(=O)CC(=O)Nc1sc(C)c(C)c1C(N)=O. The lowest BCUT2D eigenvalue weighted by Gasteiger charge is -2.04. The summed E-state index contributed by atoms with van der Waals surface area (Å²) in [7, 11) is 1.20. The second-order valence-electron chi connectivity index (χ2n) is 3.65. The van der Waals surface area contributed by atoms with E-state index in [-0.39, 0.29) is 5.56 Å². The Labute approximate surface area is 108 Å². The molecule has 0 saturated carbocycles. The summed E-state index contributed by atoms with van der Waals surface area (Å²) in [4.78, 5) is 34.6. The largest absolute Gasteiger partial charge is 0.469 e. The molecular weight excluding hydrogens is 256 g/mol. The standard InChI is InChI=1S/C11H14N2O4S/c1-5-6(2)18-11(9(5)10(12)16)13-7(14)4-8(15)17-3/h4H2,1-3H3,(H2,12,16)(H,13,14). The van der Waals surface area contributed by atoms with Crippen LogP contribution in [-0.2, 0) is 14.3 Å². The molecule has 0 saturated heterocycles. The number of rotatable bonds is 4. The third kappa shape index (κ3) is 3.07. The zero-order valence-corrected chi connectivity index (χ0v) is 11.1. The maximum Gasteiger partial charge on any atom is 0.315 e. The van der Waals surface area contributed by atoms with Gasteiger partial charge >= 0.3 is 5.97 Å². The Balaban J connectivity index is 2.91. The highest BCUT2D eigenvalue weighted by Gasteiger charge is 2.19. The van der Waals surface area contributed by atoms with E-state index in [1.807, 2.05) is 6.92 Å². The lowest BCUT2D eigenvalue weighted by atomic mass is 10.1. The number of nitrogens with two attached hydrogens (primary N) is 1. The third-order valence-corrected chi connectivity index (χ3v) is 3.54. The summed E-state index contributed by atoms with van der Waals surface area (Å²) in [5.74, 6) is -1.78. The molecule has 0 aliphatic carbocycles. The van der Waals surface area contributed by atoms with Crippen LogP contribution in [0, 0.1) is 13.8 Å². The van der Waals surface area contributed by atoms with Crippen LogP contribution < -0.4 is 11.1 Å². The number of amides is 2. The van der Waals surface area contributed by atoms with Gasteiger partial charge in [-0.15, -0.1) is 11.3 Å². The van der Waals surface area contributed by atoms with Crippen molar-refractivity contribution in [1.29, 1.82) is 0 Å². The van der Waals surface area contributed by atoms with Gasteiger partial charge in [-0.1, -0.05) is 0 Å². The minimum Gasteiger partial charge on any atom is -0.469 e. The first-order chi connectivity index (χ1) is 8.36. The summed E-state index contributed by atoms with van der Waals surface area (Å²) in [5.41, 5.74) is 6.28. The van der Waals surface area contributed by atoms with Crippen molar-refractivity contribution in [2.45, 2.75) is 20.3 Å². The van der Waals surface area contributed by atoms with Crippen molar-refractivity contribution >= 4 is 34.1 Å². The van der Waals surface area contributed by atoms with Crippen molar-refractivity contribution in [3.63, 3.8) is 0 Å². The highest BCUT2D eigenvalue weighted by Crippen LogP contribution is 2.32. The quantitative estimate of drug-likeness (QED) is 0.629. The number of carbonyl (C=O) groups is 3. The number of ether oxygens (including phenoxy) is 1. The summed E-state index contributed by atoms with van der Waals surface area (Å²) in [6.45, 7) is 3.57. The summed E-state index contributed by atoms with van der Waals surface area (Å²) in [6, 6.07) is 0. The molecule has 1 rings (SSSR count). The average Bonchev–Trinajstić information content (AvgIpc) is 2.53. The van der Waals surface area contributed by atoms with Gasteiger partial charge < -0.3 is 15.8 Å². The first-order valence-corrected chi connectivity index (χ1v) is 5.95.